The number of rotatable bonds is 6. The molecule has 0 amide bonds. The average Bonchev–Trinajstić information content (AvgIpc) is 2.64. The Hall–Kier alpha value is -2.52. The largest absolute Gasteiger partial charge is 0.0702 e. The van der Waals surface area contributed by atoms with Gasteiger partial charge in [-0.25, -0.2) is 0 Å². The first-order valence-electron chi connectivity index (χ1n) is 8.84. The normalized spacial score (nSPS) is 10.9. The first-order chi connectivity index (χ1) is 11.8. The van der Waals surface area contributed by atoms with Crippen LogP contribution >= 0.6 is 0 Å². The topological polar surface area (TPSA) is 0 Å². The van der Waals surface area contributed by atoms with E-state index in [9.17, 15) is 0 Å². The van der Waals surface area contributed by atoms with Gasteiger partial charge in [0.1, 0.15) is 0 Å². The highest BCUT2D eigenvalue weighted by Crippen LogP contribution is 2.09. The molecule has 0 radical (unpaired) electrons. The Balaban J connectivity index is 1.85. The Kier molecular flexibility index (Phi) is 7.64. The average molecular weight is 314 g/mol. The lowest BCUT2D eigenvalue weighted by Gasteiger charge is -1.99. The minimum absolute atomic E-state index is 1.08. The third kappa shape index (κ3) is 6.31. The minimum atomic E-state index is 1.08. The van der Waals surface area contributed by atoms with Crippen LogP contribution in [0.4, 0.5) is 0 Å². The summed E-state index contributed by atoms with van der Waals surface area (Å²) in [5.74, 6) is 6.11. The van der Waals surface area contributed by atoms with Crippen molar-refractivity contribution in [1.29, 1.82) is 0 Å². The second kappa shape index (κ2) is 10.3. The van der Waals surface area contributed by atoms with E-state index < -0.39 is 0 Å². The van der Waals surface area contributed by atoms with E-state index in [-0.39, 0.29) is 0 Å². The molecule has 0 bridgehead atoms. The van der Waals surface area contributed by atoms with E-state index in [4.69, 9.17) is 0 Å². The monoisotopic (exact) mass is 314 g/mol. The molecule has 0 heteroatoms. The second-order valence-corrected chi connectivity index (χ2v) is 5.90. The van der Waals surface area contributed by atoms with Gasteiger partial charge in [0.2, 0.25) is 0 Å². The van der Waals surface area contributed by atoms with Crippen LogP contribution in [0.5, 0.6) is 0 Å². The second-order valence-electron chi connectivity index (χ2n) is 5.90. The number of benzene rings is 2. The molecule has 2 rings (SSSR count). The molecule has 0 atom stereocenters. The maximum atomic E-state index is 3.06. The van der Waals surface area contributed by atoms with Crippen molar-refractivity contribution in [3.63, 3.8) is 0 Å². The molecule has 122 valence electrons. The van der Waals surface area contributed by atoms with Gasteiger partial charge in [0, 0.05) is 0 Å². The summed E-state index contributed by atoms with van der Waals surface area (Å²) in [5, 5.41) is 0. The number of allylic oxidation sites excluding steroid dienone is 2. The summed E-state index contributed by atoms with van der Waals surface area (Å²) in [6, 6.07) is 17.3. The van der Waals surface area contributed by atoms with E-state index in [2.05, 4.69) is 80.3 Å². The highest BCUT2D eigenvalue weighted by Gasteiger charge is 1.92. The molecule has 24 heavy (non-hydrogen) atoms. The molecule has 0 unspecified atom stereocenters. The molecule has 0 aliphatic heterocycles. The molecule has 0 saturated heterocycles. The quantitative estimate of drug-likeness (QED) is 0.547. The van der Waals surface area contributed by atoms with E-state index in [1.54, 1.807) is 0 Å². The van der Waals surface area contributed by atoms with Crippen molar-refractivity contribution in [2.75, 3.05) is 0 Å². The third-order valence-electron chi connectivity index (χ3n) is 3.99. The summed E-state index contributed by atoms with van der Waals surface area (Å²) in [6.45, 7) is 4.39. The molecule has 0 aliphatic rings. The van der Waals surface area contributed by atoms with Crippen molar-refractivity contribution in [3.05, 3.63) is 82.9 Å². The van der Waals surface area contributed by atoms with Crippen molar-refractivity contribution >= 4 is 12.2 Å². The molecule has 2 aromatic carbocycles. The molecular formula is C24H26. The lowest BCUT2D eigenvalue weighted by molar-refractivity contribution is 0.795. The van der Waals surface area contributed by atoms with Crippen LogP contribution in [0.2, 0.25) is 0 Å². The number of hydrogen-bond donors (Lipinski definition) is 0. The van der Waals surface area contributed by atoms with E-state index in [1.807, 2.05) is 18.2 Å². The molecule has 0 nitrogen and oxygen atoms in total. The van der Waals surface area contributed by atoms with Gasteiger partial charge in [-0.2, -0.15) is 0 Å². The van der Waals surface area contributed by atoms with Gasteiger partial charge in [-0.1, -0.05) is 80.6 Å². The first-order valence-corrected chi connectivity index (χ1v) is 8.84. The minimum Gasteiger partial charge on any atom is -0.0702 e. The lowest BCUT2D eigenvalue weighted by atomic mass is 10.1. The van der Waals surface area contributed by atoms with Crippen LogP contribution in [0.3, 0.4) is 0 Å². The van der Waals surface area contributed by atoms with Crippen LogP contribution < -0.4 is 0 Å². The van der Waals surface area contributed by atoms with Crippen molar-refractivity contribution < 1.29 is 0 Å². The predicted molar refractivity (Wildman–Crippen MR) is 107 cm³/mol. The van der Waals surface area contributed by atoms with Gasteiger partial charge < -0.3 is 0 Å². The van der Waals surface area contributed by atoms with Crippen molar-refractivity contribution in [3.8, 4) is 11.8 Å². The van der Waals surface area contributed by atoms with Crippen LogP contribution in [0.25, 0.3) is 12.2 Å². The number of aryl methyl sites for hydroxylation is 2. The van der Waals surface area contributed by atoms with E-state index in [0.717, 1.165) is 6.42 Å². The molecular weight excluding hydrogens is 288 g/mol. The highest BCUT2D eigenvalue weighted by molar-refractivity contribution is 5.56. The van der Waals surface area contributed by atoms with E-state index in [1.165, 1.54) is 41.5 Å². The van der Waals surface area contributed by atoms with Crippen molar-refractivity contribution in [2.24, 2.45) is 0 Å². The molecule has 0 aromatic heterocycles. The lowest BCUT2D eigenvalue weighted by Crippen LogP contribution is -1.83. The van der Waals surface area contributed by atoms with Crippen LogP contribution in [0.15, 0.2) is 60.7 Å². The number of unbranched alkanes of at least 4 members (excludes halogenated alkanes) is 1. The van der Waals surface area contributed by atoms with E-state index in [0.29, 0.717) is 0 Å². The summed E-state index contributed by atoms with van der Waals surface area (Å²) < 4.78 is 0. The fourth-order valence-electron chi connectivity index (χ4n) is 2.41. The first kappa shape index (κ1) is 17.8. The summed E-state index contributed by atoms with van der Waals surface area (Å²) in [4.78, 5) is 0. The molecule has 0 N–H and O–H groups in total. The maximum Gasteiger partial charge on any atom is -0.0109 e. The molecule has 0 aliphatic carbocycles. The Labute approximate surface area is 146 Å². The molecule has 0 heterocycles. The smallest absolute Gasteiger partial charge is 0.0109 e. The van der Waals surface area contributed by atoms with Crippen LogP contribution in [0, 0.1) is 11.8 Å². The zero-order valence-corrected chi connectivity index (χ0v) is 14.8. The predicted octanol–water partition coefficient (Wildman–Crippen LogP) is 6.32. The molecule has 2 aromatic rings. The van der Waals surface area contributed by atoms with Crippen molar-refractivity contribution in [1.82, 2.24) is 0 Å². The summed E-state index contributed by atoms with van der Waals surface area (Å²) in [6.07, 6.45) is 12.7. The highest BCUT2D eigenvalue weighted by atomic mass is 14.0. The van der Waals surface area contributed by atoms with Crippen LogP contribution in [0.1, 0.15) is 48.9 Å². The van der Waals surface area contributed by atoms with Gasteiger partial charge in [0.25, 0.3) is 0 Å². The molecule has 0 saturated carbocycles. The summed E-state index contributed by atoms with van der Waals surface area (Å²) in [7, 11) is 0. The standard InChI is InChI=1S/C24H26/c1-3-5-10-22-17-19-24(20-18-22)12-9-7-6-8-11-23-15-13-21(4-2)14-16-23/h8-9,11-20H,3-5,10H2,1-2H3. The van der Waals surface area contributed by atoms with Gasteiger partial charge in [-0.05, 0) is 65.8 Å². The Morgan fingerprint density at radius 3 is 1.67 bits per heavy atom. The van der Waals surface area contributed by atoms with Crippen LogP contribution in [-0.2, 0) is 12.8 Å². The number of hydrogen-bond acceptors (Lipinski definition) is 0. The summed E-state index contributed by atoms with van der Waals surface area (Å²) >= 11 is 0. The maximum absolute atomic E-state index is 3.06. The molecule has 0 spiro atoms. The Bertz CT molecular complexity index is 716. The van der Waals surface area contributed by atoms with Gasteiger partial charge >= 0.3 is 0 Å². The zero-order chi connectivity index (χ0) is 17.0. The summed E-state index contributed by atoms with van der Waals surface area (Å²) in [5.41, 5.74) is 5.16. The van der Waals surface area contributed by atoms with Gasteiger partial charge in [-0.15, -0.1) is 0 Å². The Morgan fingerprint density at radius 2 is 1.21 bits per heavy atom. The van der Waals surface area contributed by atoms with Gasteiger partial charge in [-0.3, -0.25) is 0 Å². The van der Waals surface area contributed by atoms with Crippen LogP contribution in [-0.4, -0.2) is 0 Å². The van der Waals surface area contributed by atoms with Gasteiger partial charge in [0.05, 0.1) is 0 Å². The van der Waals surface area contributed by atoms with Gasteiger partial charge in [0.15, 0.2) is 0 Å². The Morgan fingerprint density at radius 1 is 0.708 bits per heavy atom. The third-order valence-corrected chi connectivity index (χ3v) is 3.99. The fourth-order valence-corrected chi connectivity index (χ4v) is 2.41. The van der Waals surface area contributed by atoms with E-state index >= 15 is 0 Å². The zero-order valence-electron chi connectivity index (χ0n) is 14.8. The SMILES string of the molecule is CCCCc1ccc(C=CC#CC=Cc2ccc(CC)cc2)cc1. The van der Waals surface area contributed by atoms with Crippen molar-refractivity contribution in [2.45, 2.75) is 39.5 Å². The fraction of sp³-hybridized carbons (Fsp3) is 0.250. The molecule has 0 fully saturated rings.